The molecule has 0 aliphatic rings. The summed E-state index contributed by atoms with van der Waals surface area (Å²) in [6.45, 7) is 3.42. The van der Waals surface area contributed by atoms with Gasteiger partial charge in [-0.05, 0) is 6.92 Å². The van der Waals surface area contributed by atoms with Crippen molar-refractivity contribution in [2.75, 3.05) is 5.32 Å². The molecule has 0 saturated carbocycles. The molecule has 2 heterocycles. The Kier molecular flexibility index (Phi) is 1.81. The Bertz CT molecular complexity index is 457. The topological polar surface area (TPSA) is 46.4 Å². The van der Waals surface area contributed by atoms with Gasteiger partial charge in [0.2, 0.25) is 5.91 Å². The van der Waals surface area contributed by atoms with Gasteiger partial charge in [0.15, 0.2) is 4.96 Å². The molecule has 0 radical (unpaired) electrons. The highest BCUT2D eigenvalue weighted by Gasteiger charge is 2.05. The summed E-state index contributed by atoms with van der Waals surface area (Å²) in [4.78, 5) is 16.0. The number of thiazole rings is 1. The summed E-state index contributed by atoms with van der Waals surface area (Å²) in [6, 6.07) is 0. The standard InChI is InChI=1S/C8H9N3OS/c1-5-3-11-7(10-6(2)12)4-13-8(11)9-5/h3-4H,1-2H3,(H,10,12). The molecule has 2 aromatic heterocycles. The molecule has 0 aliphatic heterocycles. The molecule has 2 rings (SSSR count). The highest BCUT2D eigenvalue weighted by Crippen LogP contribution is 2.20. The smallest absolute Gasteiger partial charge is 0.222 e. The molecule has 0 spiro atoms. The van der Waals surface area contributed by atoms with Crippen LogP contribution in [0.1, 0.15) is 12.6 Å². The number of nitrogens with one attached hydrogen (secondary N) is 1. The van der Waals surface area contributed by atoms with Crippen molar-refractivity contribution in [1.29, 1.82) is 0 Å². The largest absolute Gasteiger partial charge is 0.311 e. The molecule has 0 aliphatic carbocycles. The van der Waals surface area contributed by atoms with Gasteiger partial charge in [-0.2, -0.15) is 0 Å². The fourth-order valence-corrected chi connectivity index (χ4v) is 2.02. The second kappa shape index (κ2) is 2.85. The van der Waals surface area contributed by atoms with E-state index >= 15 is 0 Å². The number of hydrogen-bond donors (Lipinski definition) is 1. The fraction of sp³-hybridized carbons (Fsp3) is 0.250. The quantitative estimate of drug-likeness (QED) is 0.752. The number of amides is 1. The van der Waals surface area contributed by atoms with Crippen LogP contribution < -0.4 is 5.32 Å². The molecule has 5 heteroatoms. The van der Waals surface area contributed by atoms with Crippen LogP contribution in [-0.4, -0.2) is 15.3 Å². The number of hydrogen-bond acceptors (Lipinski definition) is 3. The molecule has 0 atom stereocenters. The number of carbonyl (C=O) groups is 1. The fourth-order valence-electron chi connectivity index (χ4n) is 1.17. The number of imidazole rings is 1. The predicted molar refractivity (Wildman–Crippen MR) is 52.1 cm³/mol. The Morgan fingerprint density at radius 3 is 3.15 bits per heavy atom. The number of aryl methyl sites for hydroxylation is 1. The van der Waals surface area contributed by atoms with Gasteiger partial charge >= 0.3 is 0 Å². The summed E-state index contributed by atoms with van der Waals surface area (Å²) in [5, 5.41) is 4.61. The molecule has 2 aromatic rings. The van der Waals surface area contributed by atoms with Crippen LogP contribution in [0.15, 0.2) is 11.6 Å². The Hall–Kier alpha value is -1.36. The summed E-state index contributed by atoms with van der Waals surface area (Å²) < 4.78 is 1.88. The minimum Gasteiger partial charge on any atom is -0.311 e. The molecule has 0 saturated heterocycles. The van der Waals surface area contributed by atoms with E-state index in [0.717, 1.165) is 16.5 Å². The van der Waals surface area contributed by atoms with E-state index in [1.54, 1.807) is 0 Å². The summed E-state index contributed by atoms with van der Waals surface area (Å²) in [5.74, 6) is 0.721. The Morgan fingerprint density at radius 1 is 1.69 bits per heavy atom. The number of rotatable bonds is 1. The molecular weight excluding hydrogens is 186 g/mol. The van der Waals surface area contributed by atoms with Crippen molar-refractivity contribution in [1.82, 2.24) is 9.38 Å². The van der Waals surface area contributed by atoms with Gasteiger partial charge in [-0.25, -0.2) is 4.98 Å². The van der Waals surface area contributed by atoms with Gasteiger partial charge in [0.25, 0.3) is 0 Å². The molecule has 13 heavy (non-hydrogen) atoms. The van der Waals surface area contributed by atoms with Crippen molar-refractivity contribution in [2.45, 2.75) is 13.8 Å². The summed E-state index contributed by atoms with van der Waals surface area (Å²) in [7, 11) is 0. The third-order valence-corrected chi connectivity index (χ3v) is 2.47. The van der Waals surface area contributed by atoms with Gasteiger partial charge in [-0.1, -0.05) is 0 Å². The van der Waals surface area contributed by atoms with Gasteiger partial charge in [0, 0.05) is 18.5 Å². The Morgan fingerprint density at radius 2 is 2.46 bits per heavy atom. The first-order chi connectivity index (χ1) is 6.16. The third-order valence-electron chi connectivity index (χ3n) is 1.63. The molecule has 0 aromatic carbocycles. The number of aromatic nitrogens is 2. The van der Waals surface area contributed by atoms with Crippen molar-refractivity contribution in [2.24, 2.45) is 0 Å². The Balaban J connectivity index is 2.50. The third kappa shape index (κ3) is 1.42. The van der Waals surface area contributed by atoms with E-state index in [4.69, 9.17) is 0 Å². The molecule has 0 unspecified atom stereocenters. The first kappa shape index (κ1) is 8.25. The van der Waals surface area contributed by atoms with Crippen LogP contribution in [0.2, 0.25) is 0 Å². The summed E-state index contributed by atoms with van der Waals surface area (Å²) in [6.07, 6.45) is 1.90. The second-order valence-corrected chi connectivity index (χ2v) is 3.67. The lowest BCUT2D eigenvalue weighted by Crippen LogP contribution is -2.07. The molecule has 0 bridgehead atoms. The lowest BCUT2D eigenvalue weighted by atomic mass is 10.6. The number of carbonyl (C=O) groups excluding carboxylic acids is 1. The lowest BCUT2D eigenvalue weighted by molar-refractivity contribution is -0.114. The maximum absolute atomic E-state index is 10.8. The summed E-state index contributed by atoms with van der Waals surface area (Å²) >= 11 is 1.51. The zero-order valence-corrected chi connectivity index (χ0v) is 8.18. The molecule has 0 fully saturated rings. The van der Waals surface area contributed by atoms with Crippen LogP contribution in [0.3, 0.4) is 0 Å². The predicted octanol–water partition coefficient (Wildman–Crippen LogP) is 1.66. The number of nitrogens with zero attached hydrogens (tertiary/aromatic N) is 2. The monoisotopic (exact) mass is 195 g/mol. The molecule has 1 N–H and O–H groups in total. The van der Waals surface area contributed by atoms with Crippen molar-refractivity contribution >= 4 is 28.0 Å². The van der Waals surface area contributed by atoms with Crippen LogP contribution in [0.25, 0.3) is 4.96 Å². The summed E-state index contributed by atoms with van der Waals surface area (Å²) in [5.41, 5.74) is 0.957. The van der Waals surface area contributed by atoms with Crippen molar-refractivity contribution in [3.8, 4) is 0 Å². The van der Waals surface area contributed by atoms with Crippen LogP contribution in [0.4, 0.5) is 5.82 Å². The van der Waals surface area contributed by atoms with Gasteiger partial charge in [-0.3, -0.25) is 9.20 Å². The van der Waals surface area contributed by atoms with Gasteiger partial charge in [0.05, 0.1) is 5.69 Å². The average Bonchev–Trinajstić information content (AvgIpc) is 2.51. The van der Waals surface area contributed by atoms with Crippen molar-refractivity contribution in [3.05, 3.63) is 17.3 Å². The maximum Gasteiger partial charge on any atom is 0.222 e. The van der Waals surface area contributed by atoms with E-state index in [-0.39, 0.29) is 5.91 Å². The average molecular weight is 195 g/mol. The lowest BCUT2D eigenvalue weighted by Gasteiger charge is -1.97. The van der Waals surface area contributed by atoms with Gasteiger partial charge in [-0.15, -0.1) is 11.3 Å². The van der Waals surface area contributed by atoms with Crippen LogP contribution >= 0.6 is 11.3 Å². The second-order valence-electron chi connectivity index (χ2n) is 2.84. The normalized spacial score (nSPS) is 10.6. The van der Waals surface area contributed by atoms with E-state index in [1.807, 2.05) is 22.9 Å². The minimum absolute atomic E-state index is 0.0638. The van der Waals surface area contributed by atoms with Crippen molar-refractivity contribution < 1.29 is 4.79 Å². The maximum atomic E-state index is 10.8. The zero-order valence-electron chi connectivity index (χ0n) is 7.37. The van der Waals surface area contributed by atoms with E-state index in [2.05, 4.69) is 10.3 Å². The molecule has 4 nitrogen and oxygen atoms in total. The van der Waals surface area contributed by atoms with Gasteiger partial charge in [0.1, 0.15) is 5.82 Å². The van der Waals surface area contributed by atoms with Crippen LogP contribution in [-0.2, 0) is 4.79 Å². The highest BCUT2D eigenvalue weighted by molar-refractivity contribution is 7.15. The first-order valence-electron chi connectivity index (χ1n) is 3.87. The molecule has 68 valence electrons. The van der Waals surface area contributed by atoms with Crippen LogP contribution in [0.5, 0.6) is 0 Å². The number of fused-ring (bicyclic) bond motifs is 1. The SMILES string of the molecule is CC(=O)Nc1csc2nc(C)cn12. The minimum atomic E-state index is -0.0638. The van der Waals surface area contributed by atoms with Crippen LogP contribution in [0, 0.1) is 6.92 Å². The van der Waals surface area contributed by atoms with E-state index < -0.39 is 0 Å². The molecular formula is C8H9N3OS. The van der Waals surface area contributed by atoms with Crippen molar-refractivity contribution in [3.63, 3.8) is 0 Å². The van der Waals surface area contributed by atoms with Gasteiger partial charge < -0.3 is 5.32 Å². The zero-order chi connectivity index (χ0) is 9.42. The molecule has 1 amide bonds. The highest BCUT2D eigenvalue weighted by atomic mass is 32.1. The van der Waals surface area contributed by atoms with E-state index in [1.165, 1.54) is 18.3 Å². The van der Waals surface area contributed by atoms with E-state index in [9.17, 15) is 4.79 Å². The Labute approximate surface area is 79.2 Å². The van der Waals surface area contributed by atoms with E-state index in [0.29, 0.717) is 0 Å². The first-order valence-corrected chi connectivity index (χ1v) is 4.75. The number of anilines is 1.